The van der Waals surface area contributed by atoms with Crippen LogP contribution in [0, 0.1) is 5.82 Å². The number of rotatable bonds is 9. The molecule has 0 aliphatic heterocycles. The number of carbonyl (C=O) groups is 2. The van der Waals surface area contributed by atoms with E-state index in [0.29, 0.717) is 11.1 Å². The van der Waals surface area contributed by atoms with Crippen LogP contribution >= 0.6 is 11.6 Å². The molecule has 0 atom stereocenters. The summed E-state index contributed by atoms with van der Waals surface area (Å²) >= 11 is 6.14. The van der Waals surface area contributed by atoms with Crippen molar-refractivity contribution in [1.82, 2.24) is 10.7 Å². The monoisotopic (exact) mass is 492 g/mol. The summed E-state index contributed by atoms with van der Waals surface area (Å²) in [7, 11) is 0. The summed E-state index contributed by atoms with van der Waals surface area (Å²) in [6, 6.07) is 19.8. The fourth-order valence-electron chi connectivity index (χ4n) is 3.30. The number of hydrogen-bond donors (Lipinski definition) is 2. The standard InChI is InChI=1S/C27H26ClFN4O2/c1-3-33(4-2)22-15-11-19(12-16-22)17-25(31-26(34)23-7-5-6-8-24(23)28)27(35)32-30-18-20-9-13-21(29)14-10-20/h5-18H,3-4H2,1-2H3,(H,31,34)(H,32,35). The average molecular weight is 493 g/mol. The summed E-state index contributed by atoms with van der Waals surface area (Å²) in [5.74, 6) is -1.53. The van der Waals surface area contributed by atoms with Crippen LogP contribution in [-0.2, 0) is 4.79 Å². The maximum absolute atomic E-state index is 13.1. The Balaban J connectivity index is 1.84. The van der Waals surface area contributed by atoms with E-state index >= 15 is 0 Å². The second-order valence-corrected chi connectivity index (χ2v) is 7.91. The lowest BCUT2D eigenvalue weighted by Gasteiger charge is -2.21. The molecule has 3 aromatic carbocycles. The Morgan fingerprint density at radius 1 is 0.943 bits per heavy atom. The van der Waals surface area contributed by atoms with E-state index in [4.69, 9.17) is 11.6 Å². The average Bonchev–Trinajstić information content (AvgIpc) is 2.86. The van der Waals surface area contributed by atoms with Crippen molar-refractivity contribution >= 4 is 41.4 Å². The predicted octanol–water partition coefficient (Wildman–Crippen LogP) is 5.25. The van der Waals surface area contributed by atoms with E-state index in [-0.39, 0.29) is 22.1 Å². The minimum atomic E-state index is -0.628. The highest BCUT2D eigenvalue weighted by Gasteiger charge is 2.16. The van der Waals surface area contributed by atoms with Crippen LogP contribution in [0.3, 0.4) is 0 Å². The van der Waals surface area contributed by atoms with E-state index in [1.807, 2.05) is 24.3 Å². The lowest BCUT2D eigenvalue weighted by molar-refractivity contribution is -0.117. The molecule has 0 unspecified atom stereocenters. The van der Waals surface area contributed by atoms with Gasteiger partial charge in [-0.15, -0.1) is 0 Å². The van der Waals surface area contributed by atoms with Gasteiger partial charge in [-0.1, -0.05) is 48.0 Å². The summed E-state index contributed by atoms with van der Waals surface area (Å²) in [6.45, 7) is 5.91. The molecule has 2 amide bonds. The van der Waals surface area contributed by atoms with E-state index in [0.717, 1.165) is 18.8 Å². The zero-order valence-corrected chi connectivity index (χ0v) is 20.2. The molecule has 0 saturated heterocycles. The molecule has 0 heterocycles. The molecule has 0 aliphatic rings. The molecular formula is C27H26ClFN4O2. The fourth-order valence-corrected chi connectivity index (χ4v) is 3.53. The maximum atomic E-state index is 13.1. The first-order valence-electron chi connectivity index (χ1n) is 11.1. The Bertz CT molecular complexity index is 1220. The summed E-state index contributed by atoms with van der Waals surface area (Å²) in [5.41, 5.74) is 5.00. The highest BCUT2D eigenvalue weighted by Crippen LogP contribution is 2.18. The van der Waals surface area contributed by atoms with Gasteiger partial charge in [0.25, 0.3) is 11.8 Å². The molecule has 180 valence electrons. The van der Waals surface area contributed by atoms with Gasteiger partial charge in [-0.3, -0.25) is 9.59 Å². The largest absolute Gasteiger partial charge is 0.372 e. The molecule has 35 heavy (non-hydrogen) atoms. The first-order chi connectivity index (χ1) is 16.9. The van der Waals surface area contributed by atoms with Crippen LogP contribution in [0.1, 0.15) is 35.3 Å². The van der Waals surface area contributed by atoms with E-state index in [1.54, 1.807) is 30.3 Å². The third-order valence-electron chi connectivity index (χ3n) is 5.19. The smallest absolute Gasteiger partial charge is 0.287 e. The van der Waals surface area contributed by atoms with Gasteiger partial charge >= 0.3 is 0 Å². The molecule has 0 radical (unpaired) electrons. The number of nitrogens with zero attached hydrogens (tertiary/aromatic N) is 2. The first-order valence-corrected chi connectivity index (χ1v) is 11.5. The molecule has 0 bridgehead atoms. The van der Waals surface area contributed by atoms with Gasteiger partial charge in [0, 0.05) is 18.8 Å². The van der Waals surface area contributed by atoms with Crippen molar-refractivity contribution < 1.29 is 14.0 Å². The molecule has 2 N–H and O–H groups in total. The van der Waals surface area contributed by atoms with Gasteiger partial charge in [0.1, 0.15) is 11.5 Å². The minimum absolute atomic E-state index is 0.0123. The van der Waals surface area contributed by atoms with Crippen LogP contribution < -0.4 is 15.6 Å². The van der Waals surface area contributed by atoms with Crippen LogP contribution in [0.15, 0.2) is 83.6 Å². The Kier molecular flexibility index (Phi) is 9.15. The maximum Gasteiger partial charge on any atom is 0.287 e. The van der Waals surface area contributed by atoms with Crippen molar-refractivity contribution in [2.24, 2.45) is 5.10 Å². The topological polar surface area (TPSA) is 73.8 Å². The third kappa shape index (κ3) is 7.25. The molecule has 6 nitrogen and oxygen atoms in total. The molecule has 0 fully saturated rings. The van der Waals surface area contributed by atoms with Crippen LogP contribution in [0.2, 0.25) is 5.02 Å². The van der Waals surface area contributed by atoms with E-state index in [9.17, 15) is 14.0 Å². The van der Waals surface area contributed by atoms with Gasteiger partial charge in [-0.25, -0.2) is 9.82 Å². The number of halogens is 2. The summed E-state index contributed by atoms with van der Waals surface area (Å²) < 4.78 is 13.1. The third-order valence-corrected chi connectivity index (χ3v) is 5.52. The van der Waals surface area contributed by atoms with Crippen molar-refractivity contribution in [3.05, 3.63) is 106 Å². The van der Waals surface area contributed by atoms with E-state index in [1.165, 1.54) is 30.5 Å². The number of benzene rings is 3. The SMILES string of the molecule is CCN(CC)c1ccc(C=C(NC(=O)c2ccccc2Cl)C(=O)NN=Cc2ccc(F)cc2)cc1. The number of carbonyl (C=O) groups excluding carboxylic acids is 2. The zero-order chi connectivity index (χ0) is 25.2. The van der Waals surface area contributed by atoms with Gasteiger partial charge in [-0.2, -0.15) is 5.10 Å². The van der Waals surface area contributed by atoms with Crippen LogP contribution in [0.5, 0.6) is 0 Å². The summed E-state index contributed by atoms with van der Waals surface area (Å²) in [5, 5.41) is 6.82. The Morgan fingerprint density at radius 3 is 2.20 bits per heavy atom. The second-order valence-electron chi connectivity index (χ2n) is 7.51. The quantitative estimate of drug-likeness (QED) is 0.243. The molecule has 0 aliphatic carbocycles. The van der Waals surface area contributed by atoms with E-state index in [2.05, 4.69) is 34.6 Å². The number of anilines is 1. The molecule has 0 spiro atoms. The van der Waals surface area contributed by atoms with Crippen molar-refractivity contribution in [3.8, 4) is 0 Å². The Labute approximate surface area is 209 Å². The Morgan fingerprint density at radius 2 is 1.57 bits per heavy atom. The minimum Gasteiger partial charge on any atom is -0.372 e. The lowest BCUT2D eigenvalue weighted by atomic mass is 10.1. The number of hydrogen-bond acceptors (Lipinski definition) is 4. The fraction of sp³-hybridized carbons (Fsp3) is 0.148. The molecule has 3 rings (SSSR count). The summed E-state index contributed by atoms with van der Waals surface area (Å²) in [4.78, 5) is 27.9. The van der Waals surface area contributed by atoms with Gasteiger partial charge in [0.05, 0.1) is 16.8 Å². The van der Waals surface area contributed by atoms with Gasteiger partial charge in [-0.05, 0) is 67.4 Å². The van der Waals surface area contributed by atoms with Crippen LogP contribution in [0.4, 0.5) is 10.1 Å². The van der Waals surface area contributed by atoms with Gasteiger partial charge in [0.15, 0.2) is 0 Å². The highest BCUT2D eigenvalue weighted by molar-refractivity contribution is 6.34. The number of nitrogens with one attached hydrogen (secondary N) is 2. The van der Waals surface area contributed by atoms with Gasteiger partial charge in [0.2, 0.25) is 0 Å². The van der Waals surface area contributed by atoms with Crippen molar-refractivity contribution in [2.75, 3.05) is 18.0 Å². The van der Waals surface area contributed by atoms with Crippen molar-refractivity contribution in [1.29, 1.82) is 0 Å². The molecule has 3 aromatic rings. The van der Waals surface area contributed by atoms with Crippen molar-refractivity contribution in [3.63, 3.8) is 0 Å². The van der Waals surface area contributed by atoms with Gasteiger partial charge < -0.3 is 10.2 Å². The lowest BCUT2D eigenvalue weighted by Crippen LogP contribution is -2.33. The zero-order valence-electron chi connectivity index (χ0n) is 19.5. The van der Waals surface area contributed by atoms with Crippen LogP contribution in [0.25, 0.3) is 6.08 Å². The number of hydrazone groups is 1. The first kappa shape index (κ1) is 25.6. The van der Waals surface area contributed by atoms with E-state index < -0.39 is 11.8 Å². The highest BCUT2D eigenvalue weighted by atomic mass is 35.5. The van der Waals surface area contributed by atoms with Crippen LogP contribution in [-0.4, -0.2) is 31.1 Å². The number of amides is 2. The second kappa shape index (κ2) is 12.5. The molecule has 0 aromatic heterocycles. The molecular weight excluding hydrogens is 467 g/mol. The Hall–Kier alpha value is -3.97. The van der Waals surface area contributed by atoms with Crippen molar-refractivity contribution in [2.45, 2.75) is 13.8 Å². The summed E-state index contributed by atoms with van der Waals surface area (Å²) in [6.07, 6.45) is 2.94. The normalized spacial score (nSPS) is 11.4. The predicted molar refractivity (Wildman–Crippen MR) is 139 cm³/mol. The molecule has 0 saturated carbocycles. The molecule has 8 heteroatoms.